The summed E-state index contributed by atoms with van der Waals surface area (Å²) < 4.78 is 0. The normalized spacial score (nSPS) is 12.8. The highest BCUT2D eigenvalue weighted by Crippen LogP contribution is 2.18. The lowest BCUT2D eigenvalue weighted by Gasteiger charge is -2.20. The Hall–Kier alpha value is -0.870. The van der Waals surface area contributed by atoms with E-state index in [1.807, 2.05) is 6.08 Å². The van der Waals surface area contributed by atoms with Gasteiger partial charge in [0, 0.05) is 6.42 Å². The highest BCUT2D eigenvalue weighted by molar-refractivity contribution is 5.76. The fourth-order valence-electron chi connectivity index (χ4n) is 8.65. The molecule has 0 aliphatic heterocycles. The van der Waals surface area contributed by atoms with Gasteiger partial charge >= 0.3 is 0 Å². The standard InChI is InChI=1S/C54H107NO3/c1-3-5-7-9-11-13-15-17-19-21-23-24-25-26-27-28-29-30-31-32-33-35-37-39-41-43-45-47-49-53(57)52(51-56)55-54(58)50-48-46-44-42-40-38-36-34-22-20-18-16-14-12-10-8-6-4-2/h47,49,52-53,56-57H,3-46,48,50-51H2,1-2H3,(H,55,58)/b49-47+. The maximum Gasteiger partial charge on any atom is 0.220 e. The first-order chi connectivity index (χ1) is 28.7. The molecule has 0 heterocycles. The van der Waals surface area contributed by atoms with Crippen LogP contribution in [-0.2, 0) is 4.79 Å². The van der Waals surface area contributed by atoms with Crippen LogP contribution in [0.3, 0.4) is 0 Å². The Balaban J connectivity index is 3.45. The van der Waals surface area contributed by atoms with Crippen molar-refractivity contribution in [3.63, 3.8) is 0 Å². The predicted molar refractivity (Wildman–Crippen MR) is 258 cm³/mol. The van der Waals surface area contributed by atoms with Gasteiger partial charge in [0.2, 0.25) is 5.91 Å². The second-order valence-electron chi connectivity index (χ2n) is 18.7. The quantitative estimate of drug-likeness (QED) is 0.0423. The van der Waals surface area contributed by atoms with Gasteiger partial charge < -0.3 is 15.5 Å². The third kappa shape index (κ3) is 46.2. The summed E-state index contributed by atoms with van der Waals surface area (Å²) in [5.41, 5.74) is 0. The van der Waals surface area contributed by atoms with E-state index in [1.165, 1.54) is 263 Å². The van der Waals surface area contributed by atoms with E-state index < -0.39 is 12.1 Å². The molecular formula is C54H107NO3. The van der Waals surface area contributed by atoms with Gasteiger partial charge in [-0.3, -0.25) is 4.79 Å². The van der Waals surface area contributed by atoms with E-state index in [4.69, 9.17) is 0 Å². The van der Waals surface area contributed by atoms with E-state index in [0.29, 0.717) is 6.42 Å². The van der Waals surface area contributed by atoms with Gasteiger partial charge in [-0.25, -0.2) is 0 Å². The minimum absolute atomic E-state index is 0.0570. The minimum Gasteiger partial charge on any atom is -0.394 e. The summed E-state index contributed by atoms with van der Waals surface area (Å²) in [6.07, 6.45) is 65.1. The molecule has 0 aromatic carbocycles. The fraction of sp³-hybridized carbons (Fsp3) is 0.944. The van der Waals surface area contributed by atoms with Crippen molar-refractivity contribution in [2.45, 2.75) is 321 Å². The summed E-state index contributed by atoms with van der Waals surface area (Å²) in [6, 6.07) is -0.617. The highest BCUT2D eigenvalue weighted by atomic mass is 16.3. The number of aliphatic hydroxyl groups is 2. The zero-order chi connectivity index (χ0) is 42.1. The van der Waals surface area contributed by atoms with Crippen molar-refractivity contribution in [2.75, 3.05) is 6.61 Å². The second-order valence-corrected chi connectivity index (χ2v) is 18.7. The van der Waals surface area contributed by atoms with Crippen molar-refractivity contribution in [1.82, 2.24) is 5.32 Å². The molecule has 0 aromatic rings. The Morgan fingerprint density at radius 1 is 0.397 bits per heavy atom. The van der Waals surface area contributed by atoms with Crippen molar-refractivity contribution in [3.05, 3.63) is 12.2 Å². The highest BCUT2D eigenvalue weighted by Gasteiger charge is 2.18. The van der Waals surface area contributed by atoms with Crippen molar-refractivity contribution in [2.24, 2.45) is 0 Å². The van der Waals surface area contributed by atoms with Crippen LogP contribution in [0.25, 0.3) is 0 Å². The van der Waals surface area contributed by atoms with Gasteiger partial charge in [0.25, 0.3) is 0 Å². The SMILES string of the molecule is CCCCCCCCCCCCCCCCCCCCCCCCCCCC/C=C/C(O)C(CO)NC(=O)CCCCCCCCCCCCCCCCCCCC. The van der Waals surface area contributed by atoms with Crippen LogP contribution >= 0.6 is 0 Å². The number of rotatable bonds is 50. The van der Waals surface area contributed by atoms with E-state index in [1.54, 1.807) is 6.08 Å². The Labute approximate surface area is 365 Å². The van der Waals surface area contributed by atoms with Crippen molar-refractivity contribution in [3.8, 4) is 0 Å². The van der Waals surface area contributed by atoms with Gasteiger partial charge in [-0.05, 0) is 19.3 Å². The molecule has 2 atom stereocenters. The summed E-state index contributed by atoms with van der Waals surface area (Å²) in [7, 11) is 0. The van der Waals surface area contributed by atoms with Crippen LogP contribution in [0.1, 0.15) is 309 Å². The molecular weight excluding hydrogens is 711 g/mol. The molecule has 0 rings (SSSR count). The number of hydrogen-bond acceptors (Lipinski definition) is 3. The van der Waals surface area contributed by atoms with Crippen LogP contribution in [0.4, 0.5) is 0 Å². The van der Waals surface area contributed by atoms with Crippen LogP contribution in [0, 0.1) is 0 Å². The number of carbonyl (C=O) groups excluding carboxylic acids is 1. The van der Waals surface area contributed by atoms with Gasteiger partial charge in [-0.2, -0.15) is 0 Å². The third-order valence-corrected chi connectivity index (χ3v) is 12.8. The van der Waals surface area contributed by atoms with Gasteiger partial charge in [0.15, 0.2) is 0 Å². The van der Waals surface area contributed by atoms with Gasteiger partial charge in [-0.15, -0.1) is 0 Å². The molecule has 58 heavy (non-hydrogen) atoms. The first kappa shape index (κ1) is 57.1. The topological polar surface area (TPSA) is 69.6 Å². The molecule has 2 unspecified atom stereocenters. The second kappa shape index (κ2) is 50.5. The Bertz CT molecular complexity index is 799. The summed E-state index contributed by atoms with van der Waals surface area (Å²) in [4.78, 5) is 12.4. The van der Waals surface area contributed by atoms with Crippen LogP contribution in [0.15, 0.2) is 12.2 Å². The zero-order valence-electron chi connectivity index (χ0n) is 39.8. The molecule has 346 valence electrons. The lowest BCUT2D eigenvalue weighted by Crippen LogP contribution is -2.45. The largest absolute Gasteiger partial charge is 0.394 e. The number of aliphatic hydroxyl groups excluding tert-OH is 2. The van der Waals surface area contributed by atoms with E-state index >= 15 is 0 Å². The molecule has 0 radical (unpaired) electrons. The average Bonchev–Trinajstić information content (AvgIpc) is 3.23. The third-order valence-electron chi connectivity index (χ3n) is 12.8. The van der Waals surface area contributed by atoms with Gasteiger partial charge in [-0.1, -0.05) is 296 Å². The van der Waals surface area contributed by atoms with E-state index in [2.05, 4.69) is 19.2 Å². The molecule has 0 fully saturated rings. The van der Waals surface area contributed by atoms with Crippen LogP contribution in [-0.4, -0.2) is 34.9 Å². The van der Waals surface area contributed by atoms with Gasteiger partial charge in [0.05, 0.1) is 18.8 Å². The number of amides is 1. The first-order valence-electron chi connectivity index (χ1n) is 26.9. The zero-order valence-corrected chi connectivity index (χ0v) is 39.8. The van der Waals surface area contributed by atoms with Crippen molar-refractivity contribution in [1.29, 1.82) is 0 Å². The Morgan fingerprint density at radius 3 is 0.897 bits per heavy atom. The first-order valence-corrected chi connectivity index (χ1v) is 26.9. The molecule has 0 saturated carbocycles. The van der Waals surface area contributed by atoms with Crippen LogP contribution in [0.5, 0.6) is 0 Å². The summed E-state index contributed by atoms with van der Waals surface area (Å²) in [5.74, 6) is -0.0570. The molecule has 3 N–H and O–H groups in total. The number of nitrogens with one attached hydrogen (secondary N) is 1. The molecule has 0 aliphatic rings. The fourth-order valence-corrected chi connectivity index (χ4v) is 8.65. The van der Waals surface area contributed by atoms with Crippen molar-refractivity contribution >= 4 is 5.91 Å². The van der Waals surface area contributed by atoms with Crippen LogP contribution in [0.2, 0.25) is 0 Å². The Kier molecular flexibility index (Phi) is 49.7. The summed E-state index contributed by atoms with van der Waals surface area (Å²) in [6.45, 7) is 4.35. The average molecular weight is 818 g/mol. The van der Waals surface area contributed by atoms with E-state index in [-0.39, 0.29) is 12.5 Å². The minimum atomic E-state index is -0.835. The molecule has 4 nitrogen and oxygen atoms in total. The van der Waals surface area contributed by atoms with Crippen LogP contribution < -0.4 is 5.32 Å². The van der Waals surface area contributed by atoms with Gasteiger partial charge in [0.1, 0.15) is 0 Å². The van der Waals surface area contributed by atoms with E-state index in [9.17, 15) is 15.0 Å². The van der Waals surface area contributed by atoms with Crippen molar-refractivity contribution < 1.29 is 15.0 Å². The molecule has 0 bridgehead atoms. The maximum atomic E-state index is 12.4. The maximum absolute atomic E-state index is 12.4. The molecule has 0 aliphatic carbocycles. The lowest BCUT2D eigenvalue weighted by molar-refractivity contribution is -0.123. The molecule has 0 spiro atoms. The lowest BCUT2D eigenvalue weighted by atomic mass is 10.0. The summed E-state index contributed by atoms with van der Waals surface area (Å²) >= 11 is 0. The Morgan fingerprint density at radius 2 is 0.638 bits per heavy atom. The molecule has 0 saturated heterocycles. The number of hydrogen-bond donors (Lipinski definition) is 3. The molecule has 1 amide bonds. The monoisotopic (exact) mass is 818 g/mol. The predicted octanol–water partition coefficient (Wildman–Crippen LogP) is 17.4. The van der Waals surface area contributed by atoms with E-state index in [0.717, 1.165) is 25.7 Å². The molecule has 0 aromatic heterocycles. The number of unbranched alkanes of at least 4 members (excludes halogenated alkanes) is 43. The number of carbonyl (C=O) groups is 1. The number of allylic oxidation sites excluding steroid dienone is 1. The molecule has 4 heteroatoms. The smallest absolute Gasteiger partial charge is 0.220 e. The summed E-state index contributed by atoms with van der Waals surface area (Å²) in [5, 5.41) is 23.1.